The number of carbonyl (C=O) groups excluding carboxylic acids is 2. The van der Waals surface area contributed by atoms with Gasteiger partial charge in [0.15, 0.2) is 11.5 Å². The standard InChI is InChI=1S/C55H79N3O11/c1-5-9-11-12-13-14-15-16-17-20-29-56-53(61)68-42-26-28-47-45(36-42)51-43(24-19-22-31-60)41(23-18-21-30-59)35-44-46(57-67-8-4)37-50(55(69-47,52(44)51)66-32-7-3)58(54(62)63-33-10-6-2)38-40-25-27-48-49(34-40)65-39-64-48/h6-7,25-28,34-36,41,43,50-52,59-60H,2-3,5,8-24,29-33,37-39H2,1,4H3,(H,56,61). The molecule has 6 rings (SSSR count). The number of rotatable bonds is 31. The normalized spacial score (nSPS) is 22.4. The Morgan fingerprint density at radius 1 is 0.870 bits per heavy atom. The van der Waals surface area contributed by atoms with E-state index in [-0.39, 0.29) is 63.9 Å². The third-order valence-corrected chi connectivity index (χ3v) is 13.9. The molecule has 14 nitrogen and oxygen atoms in total. The second-order valence-corrected chi connectivity index (χ2v) is 18.7. The molecule has 4 aliphatic rings. The number of unbranched alkanes of at least 4 members (excludes halogenated alkanes) is 11. The first kappa shape index (κ1) is 53.3. The van der Waals surface area contributed by atoms with Gasteiger partial charge in [-0.2, -0.15) is 0 Å². The number of aliphatic hydroxyl groups excluding tert-OH is 2. The van der Waals surface area contributed by atoms with Crippen molar-refractivity contribution in [3.63, 3.8) is 0 Å². The minimum atomic E-state index is -1.52. The highest BCUT2D eigenvalue weighted by atomic mass is 16.7. The topological polar surface area (TPSA) is 167 Å². The fourth-order valence-corrected chi connectivity index (χ4v) is 10.7. The molecule has 1 fully saturated rings. The van der Waals surface area contributed by atoms with E-state index in [1.165, 1.54) is 44.9 Å². The molecular formula is C55H79N3O11. The van der Waals surface area contributed by atoms with Crippen LogP contribution >= 0.6 is 0 Å². The Morgan fingerprint density at radius 2 is 1.59 bits per heavy atom. The van der Waals surface area contributed by atoms with Crippen molar-refractivity contribution in [2.24, 2.45) is 22.9 Å². The van der Waals surface area contributed by atoms with Crippen LogP contribution in [-0.2, 0) is 20.9 Å². The number of nitrogens with one attached hydrogen (secondary N) is 1. The molecule has 69 heavy (non-hydrogen) atoms. The summed E-state index contributed by atoms with van der Waals surface area (Å²) in [7, 11) is 0. The van der Waals surface area contributed by atoms with Crippen LogP contribution in [0.1, 0.15) is 146 Å². The van der Waals surface area contributed by atoms with Gasteiger partial charge in [-0.05, 0) is 98.8 Å². The molecule has 0 saturated heterocycles. The molecule has 2 heterocycles. The van der Waals surface area contributed by atoms with Crippen molar-refractivity contribution in [1.82, 2.24) is 10.2 Å². The van der Waals surface area contributed by atoms with Gasteiger partial charge in [0.25, 0.3) is 0 Å². The number of benzene rings is 2. The highest BCUT2D eigenvalue weighted by molar-refractivity contribution is 6.03. The maximum Gasteiger partial charge on any atom is 0.412 e. The van der Waals surface area contributed by atoms with E-state index in [1.807, 2.05) is 37.3 Å². The van der Waals surface area contributed by atoms with Crippen LogP contribution in [0, 0.1) is 17.8 Å². The Bertz CT molecular complexity index is 2020. The van der Waals surface area contributed by atoms with Crippen LogP contribution in [0.15, 0.2) is 78.5 Å². The van der Waals surface area contributed by atoms with Crippen molar-refractivity contribution in [1.29, 1.82) is 0 Å². The van der Waals surface area contributed by atoms with Crippen molar-refractivity contribution < 1.29 is 53.1 Å². The number of aliphatic hydroxyl groups is 2. The number of allylic oxidation sites excluding steroid dienone is 1. The lowest BCUT2D eigenvalue weighted by Crippen LogP contribution is -2.70. The van der Waals surface area contributed by atoms with Crippen molar-refractivity contribution in [2.75, 3.05) is 46.4 Å². The zero-order valence-electron chi connectivity index (χ0n) is 41.3. The number of oxime groups is 1. The zero-order chi connectivity index (χ0) is 48.9. The Labute approximate surface area is 410 Å². The van der Waals surface area contributed by atoms with Crippen LogP contribution in [0.2, 0.25) is 0 Å². The molecule has 2 amide bonds. The molecular weight excluding hydrogens is 879 g/mol. The number of ether oxygens (including phenoxy) is 6. The van der Waals surface area contributed by atoms with Crippen LogP contribution < -0.4 is 24.3 Å². The van der Waals surface area contributed by atoms with Crippen LogP contribution in [-0.4, -0.2) is 91.2 Å². The number of carbonyl (C=O) groups is 2. The Morgan fingerprint density at radius 3 is 2.32 bits per heavy atom. The van der Waals surface area contributed by atoms with E-state index in [4.69, 9.17) is 38.4 Å². The van der Waals surface area contributed by atoms with Crippen LogP contribution in [0.5, 0.6) is 23.0 Å². The first-order chi connectivity index (χ1) is 33.8. The van der Waals surface area contributed by atoms with Crippen molar-refractivity contribution >= 4 is 17.9 Å². The predicted octanol–water partition coefficient (Wildman–Crippen LogP) is 11.3. The lowest BCUT2D eigenvalue weighted by atomic mass is 9.55. The molecule has 380 valence electrons. The maximum atomic E-state index is 14.7. The molecule has 2 aromatic carbocycles. The van der Waals surface area contributed by atoms with E-state index in [9.17, 15) is 19.8 Å². The van der Waals surface area contributed by atoms with Crippen LogP contribution in [0.3, 0.4) is 0 Å². The zero-order valence-corrected chi connectivity index (χ0v) is 41.3. The van der Waals surface area contributed by atoms with Gasteiger partial charge >= 0.3 is 12.2 Å². The average Bonchev–Trinajstić information content (AvgIpc) is 3.83. The fourth-order valence-electron chi connectivity index (χ4n) is 10.7. The van der Waals surface area contributed by atoms with Gasteiger partial charge in [0.05, 0.1) is 24.8 Å². The lowest BCUT2D eigenvalue weighted by Gasteiger charge is -2.59. The van der Waals surface area contributed by atoms with Crippen LogP contribution in [0.25, 0.3) is 0 Å². The number of nitrogens with zero attached hydrogens (tertiary/aromatic N) is 2. The van der Waals surface area contributed by atoms with E-state index >= 15 is 0 Å². The van der Waals surface area contributed by atoms with E-state index in [0.717, 1.165) is 61.6 Å². The second-order valence-electron chi connectivity index (χ2n) is 18.7. The summed E-state index contributed by atoms with van der Waals surface area (Å²) in [5.41, 5.74) is 3.18. The van der Waals surface area contributed by atoms with Gasteiger partial charge < -0.3 is 48.8 Å². The Balaban J connectivity index is 1.40. The first-order valence-electron chi connectivity index (χ1n) is 25.9. The third kappa shape index (κ3) is 14.1. The SMILES string of the molecule is C=CCCOC(=O)N(Cc1ccc2c(c1)OCO2)C1CC(=NOCC)C2=CC(CCCCO)C(CCCCO)C3c4cc(OC(=O)NCCCCCCCCCCCC)ccc4OC1(OCC=C)C23. The summed E-state index contributed by atoms with van der Waals surface area (Å²) in [6.45, 7) is 13.4. The largest absolute Gasteiger partial charge is 0.459 e. The van der Waals surface area contributed by atoms with Crippen molar-refractivity contribution in [3.05, 3.63) is 84.5 Å². The summed E-state index contributed by atoms with van der Waals surface area (Å²) in [6, 6.07) is 10.3. The molecule has 2 aromatic rings. The fraction of sp³-hybridized carbons (Fsp3) is 0.618. The Kier molecular flexibility index (Phi) is 21.6. The highest BCUT2D eigenvalue weighted by Crippen LogP contribution is 2.62. The van der Waals surface area contributed by atoms with E-state index in [2.05, 4.69) is 31.5 Å². The molecule has 3 N–H and O–H groups in total. The summed E-state index contributed by atoms with van der Waals surface area (Å²) < 4.78 is 37.9. The first-order valence-corrected chi connectivity index (χ1v) is 25.9. The van der Waals surface area contributed by atoms with Gasteiger partial charge in [-0.3, -0.25) is 4.90 Å². The molecule has 2 aliphatic carbocycles. The summed E-state index contributed by atoms with van der Waals surface area (Å²) in [6.07, 6.45) is 21.7. The molecule has 0 bridgehead atoms. The molecule has 2 aliphatic heterocycles. The molecule has 1 saturated carbocycles. The monoisotopic (exact) mass is 958 g/mol. The quantitative estimate of drug-likeness (QED) is 0.0374. The van der Waals surface area contributed by atoms with Crippen LogP contribution in [0.4, 0.5) is 9.59 Å². The minimum Gasteiger partial charge on any atom is -0.459 e. The highest BCUT2D eigenvalue weighted by Gasteiger charge is 2.65. The van der Waals surface area contributed by atoms with Crippen molar-refractivity contribution in [3.8, 4) is 23.0 Å². The summed E-state index contributed by atoms with van der Waals surface area (Å²) in [5, 5.41) is 27.7. The minimum absolute atomic E-state index is 0.0206. The molecule has 14 heteroatoms. The van der Waals surface area contributed by atoms with Crippen molar-refractivity contribution in [2.45, 2.75) is 154 Å². The predicted molar refractivity (Wildman–Crippen MR) is 267 cm³/mol. The molecule has 6 unspecified atom stereocenters. The van der Waals surface area contributed by atoms with Gasteiger partial charge in [0.1, 0.15) is 24.1 Å². The average molecular weight is 958 g/mol. The molecule has 0 aromatic heterocycles. The molecule has 0 radical (unpaired) electrons. The molecule has 6 atom stereocenters. The van der Waals surface area contributed by atoms with E-state index < -0.39 is 29.9 Å². The third-order valence-electron chi connectivity index (χ3n) is 13.9. The van der Waals surface area contributed by atoms with E-state index in [0.29, 0.717) is 61.1 Å². The summed E-state index contributed by atoms with van der Waals surface area (Å²) in [5.74, 6) is -0.258. The number of fused-ring (bicyclic) bond motifs is 3. The Hall–Kier alpha value is -5.05. The maximum absolute atomic E-state index is 14.7. The van der Waals surface area contributed by atoms with Gasteiger partial charge in [-0.1, -0.05) is 107 Å². The van der Waals surface area contributed by atoms with Gasteiger partial charge in [-0.15, -0.1) is 13.2 Å². The van der Waals surface area contributed by atoms with Gasteiger partial charge in [0.2, 0.25) is 12.6 Å². The van der Waals surface area contributed by atoms with Gasteiger partial charge in [-0.25, -0.2) is 9.59 Å². The second kappa shape index (κ2) is 28.0. The van der Waals surface area contributed by atoms with E-state index in [1.54, 1.807) is 23.1 Å². The van der Waals surface area contributed by atoms with Gasteiger partial charge in [0, 0.05) is 44.2 Å². The number of hydrogen-bond acceptors (Lipinski definition) is 12. The molecule has 0 spiro atoms. The number of amides is 2. The lowest BCUT2D eigenvalue weighted by molar-refractivity contribution is -0.256. The summed E-state index contributed by atoms with van der Waals surface area (Å²) >= 11 is 0. The summed E-state index contributed by atoms with van der Waals surface area (Å²) in [4.78, 5) is 35.7. The number of hydrogen-bond donors (Lipinski definition) is 3. The smallest absolute Gasteiger partial charge is 0.412 e.